The molecule has 0 atom stereocenters. The Hall–Kier alpha value is -12.2. The van der Waals surface area contributed by atoms with Crippen LogP contribution in [0.1, 0.15) is 169 Å². The minimum atomic E-state index is -0.748. The van der Waals surface area contributed by atoms with Gasteiger partial charge in [-0.2, -0.15) is 0 Å². The molecule has 14 rings (SSSR count). The molecule has 644 valence electrons. The first kappa shape index (κ1) is 94.0. The van der Waals surface area contributed by atoms with Crippen LogP contribution in [0.4, 0.5) is 0 Å². The van der Waals surface area contributed by atoms with Crippen LogP contribution < -0.4 is 0 Å². The molecule has 127 heavy (non-hydrogen) atoms. The third-order valence-electron chi connectivity index (χ3n) is 20.7. The first-order valence-electron chi connectivity index (χ1n) is 41.2. The number of carbonyl (C=O) groups excluding carboxylic acids is 9. The molecule has 2 heterocycles. The highest BCUT2D eigenvalue weighted by atomic mass is 79.9. The first-order valence-corrected chi connectivity index (χ1v) is 46.2. The fourth-order valence-electron chi connectivity index (χ4n) is 14.1. The van der Waals surface area contributed by atoms with Crippen LogP contribution in [0.3, 0.4) is 0 Å². The molecule has 0 unspecified atom stereocenters. The molecule has 12 aromatic carbocycles. The molecule has 0 N–H and O–H groups in total. The SMILES string of the molecule is CC(C)(C)C(=O)O/N=C(\CCSc1ccc(Cl)cc1)C(=O)c1ccc(Sc2ccc(C(=O)c3ccccc3)cc2)cc1.CCn1c2ccc(C(=O)/C(CCSc3c(C)cccc3C)=N/OC(C)=O)cc2c2cc(C(=O)c3ccccc3C)ccc21.CCn1c2ccc(C(=O)/C(CCSc3ccc(Br)cc3)=N/OC(C)=O)cc2c2cc(C(=O)c3ccccc3C)ccc21. The number of benzene rings is 12. The van der Waals surface area contributed by atoms with Crippen molar-refractivity contribution in [3.05, 3.63) is 349 Å². The molecule has 17 nitrogen and oxygen atoms in total. The van der Waals surface area contributed by atoms with Crippen molar-refractivity contribution in [3.8, 4) is 0 Å². The van der Waals surface area contributed by atoms with Crippen LogP contribution in [0.15, 0.2) is 311 Å². The number of hydrogen-bond acceptors (Lipinski definition) is 19. The summed E-state index contributed by atoms with van der Waals surface area (Å²) in [5, 5.41) is 16.1. The summed E-state index contributed by atoms with van der Waals surface area (Å²) in [4.78, 5) is 136. The fraction of sp³-hybridized carbons (Fsp3) is 0.192. The van der Waals surface area contributed by atoms with E-state index in [9.17, 15) is 43.2 Å². The summed E-state index contributed by atoms with van der Waals surface area (Å²) in [7, 11) is 0. The molecule has 0 fully saturated rings. The third kappa shape index (κ3) is 24.2. The summed E-state index contributed by atoms with van der Waals surface area (Å²) in [6.07, 6.45) is 0.958. The molecular weight excluding hydrogens is 1750 g/mol. The van der Waals surface area contributed by atoms with E-state index in [2.05, 4.69) is 80.4 Å². The largest absolute Gasteiger partial charge is 0.341 e. The number of aryl methyl sites for hydroxylation is 6. The van der Waals surface area contributed by atoms with Crippen LogP contribution in [0.25, 0.3) is 43.6 Å². The van der Waals surface area contributed by atoms with E-state index in [-0.39, 0.29) is 51.8 Å². The Labute approximate surface area is 768 Å². The van der Waals surface area contributed by atoms with Crippen molar-refractivity contribution < 1.29 is 57.7 Å². The maximum atomic E-state index is 13.8. The molecule has 0 saturated carbocycles. The van der Waals surface area contributed by atoms with Gasteiger partial charge in [0.25, 0.3) is 0 Å². The number of rotatable bonds is 31. The number of ketones is 6. The predicted molar refractivity (Wildman–Crippen MR) is 518 cm³/mol. The van der Waals surface area contributed by atoms with Crippen LogP contribution in [-0.4, -0.2) is 96.1 Å². The van der Waals surface area contributed by atoms with Crippen molar-refractivity contribution in [3.63, 3.8) is 0 Å². The van der Waals surface area contributed by atoms with Gasteiger partial charge < -0.3 is 23.6 Å². The quantitative estimate of drug-likeness (QED) is 0.0129. The summed E-state index contributed by atoms with van der Waals surface area (Å²) >= 11 is 15.7. The lowest BCUT2D eigenvalue weighted by molar-refractivity contribution is -0.153. The minimum absolute atomic E-state index is 0.0211. The van der Waals surface area contributed by atoms with Crippen molar-refractivity contribution in [1.29, 1.82) is 0 Å². The van der Waals surface area contributed by atoms with Crippen molar-refractivity contribution in [2.75, 3.05) is 17.3 Å². The predicted octanol–water partition coefficient (Wildman–Crippen LogP) is 25.7. The zero-order chi connectivity index (χ0) is 90.6. The Morgan fingerprint density at radius 2 is 0.701 bits per heavy atom. The molecule has 0 amide bonds. The maximum Gasteiger partial charge on any atom is 0.340 e. The van der Waals surface area contributed by atoms with Crippen LogP contribution in [0.5, 0.6) is 0 Å². The van der Waals surface area contributed by atoms with E-state index in [0.29, 0.717) is 91.6 Å². The molecule has 23 heteroatoms. The van der Waals surface area contributed by atoms with Gasteiger partial charge in [-0.15, -0.1) is 35.3 Å². The molecule has 0 bridgehead atoms. The van der Waals surface area contributed by atoms with Gasteiger partial charge in [-0.25, -0.2) is 14.4 Å². The number of oxime groups is 3. The van der Waals surface area contributed by atoms with E-state index < -0.39 is 23.3 Å². The fourth-order valence-corrected chi connectivity index (χ4v) is 18.1. The number of hydrogen-bond donors (Lipinski definition) is 0. The first-order chi connectivity index (χ1) is 61.0. The average molecular weight is 1850 g/mol. The topological polar surface area (TPSA) is 228 Å². The number of aromatic nitrogens is 2. The maximum absolute atomic E-state index is 13.8. The van der Waals surface area contributed by atoms with E-state index >= 15 is 0 Å². The van der Waals surface area contributed by atoms with Crippen LogP contribution >= 0.6 is 74.6 Å². The van der Waals surface area contributed by atoms with E-state index in [1.54, 1.807) is 92.5 Å². The van der Waals surface area contributed by atoms with E-state index in [1.165, 1.54) is 41.6 Å². The second-order valence-electron chi connectivity index (χ2n) is 30.9. The van der Waals surface area contributed by atoms with Gasteiger partial charge in [-0.1, -0.05) is 152 Å². The number of thioether (sulfide) groups is 3. The van der Waals surface area contributed by atoms with Gasteiger partial charge >= 0.3 is 17.9 Å². The number of halogens is 2. The second-order valence-corrected chi connectivity index (χ2v) is 36.8. The van der Waals surface area contributed by atoms with Crippen molar-refractivity contribution in [2.24, 2.45) is 20.9 Å². The zero-order valence-electron chi connectivity index (χ0n) is 72.1. The average Bonchev–Trinajstić information content (AvgIpc) is 1.60. The Morgan fingerprint density at radius 3 is 1.11 bits per heavy atom. The van der Waals surface area contributed by atoms with Crippen molar-refractivity contribution >= 4 is 188 Å². The van der Waals surface area contributed by atoms with E-state index in [0.717, 1.165) is 91.9 Å². The van der Waals surface area contributed by atoms with Crippen molar-refractivity contribution in [1.82, 2.24) is 9.13 Å². The van der Waals surface area contributed by atoms with Crippen LogP contribution in [-0.2, 0) is 42.0 Å². The lowest BCUT2D eigenvalue weighted by atomic mass is 9.97. The molecule has 0 aliphatic carbocycles. The normalized spacial score (nSPS) is 11.7. The van der Waals surface area contributed by atoms with Gasteiger partial charge in [0, 0.05) is 191 Å². The number of carbonyl (C=O) groups is 9. The summed E-state index contributed by atoms with van der Waals surface area (Å²) in [5.74, 6) is -0.949. The van der Waals surface area contributed by atoms with E-state index in [1.807, 2.05) is 232 Å². The van der Waals surface area contributed by atoms with Gasteiger partial charge in [0.05, 0.1) is 5.41 Å². The Morgan fingerprint density at radius 1 is 0.362 bits per heavy atom. The van der Waals surface area contributed by atoms with Crippen LogP contribution in [0, 0.1) is 33.1 Å². The molecular formula is C104H93BrClN5O12S4. The Balaban J connectivity index is 0.000000173. The Bertz CT molecular complexity index is 6580. The molecule has 0 aliphatic heterocycles. The molecule has 2 aromatic heterocycles. The van der Waals surface area contributed by atoms with Gasteiger partial charge in [0.2, 0.25) is 17.3 Å². The number of Topliss-reactive ketones (excluding diaryl/α,β-unsaturated/α-hetero) is 3. The minimum Gasteiger partial charge on any atom is -0.341 e. The number of nitrogens with zero attached hydrogens (tertiary/aromatic N) is 5. The lowest BCUT2D eigenvalue weighted by Crippen LogP contribution is -2.23. The van der Waals surface area contributed by atoms with Crippen LogP contribution in [0.2, 0.25) is 5.02 Å². The zero-order valence-corrected chi connectivity index (χ0v) is 77.7. The second kappa shape index (κ2) is 43.8. The smallest absolute Gasteiger partial charge is 0.340 e. The summed E-state index contributed by atoms with van der Waals surface area (Å²) in [6.45, 7) is 21.3. The monoisotopic (exact) mass is 1850 g/mol. The summed E-state index contributed by atoms with van der Waals surface area (Å²) in [6, 6.07) is 83.1. The van der Waals surface area contributed by atoms with Gasteiger partial charge in [0.15, 0.2) is 17.3 Å². The highest BCUT2D eigenvalue weighted by Gasteiger charge is 2.27. The highest BCUT2D eigenvalue weighted by molar-refractivity contribution is 9.10. The molecule has 0 aliphatic rings. The molecule has 14 aromatic rings. The summed E-state index contributed by atoms with van der Waals surface area (Å²) < 4.78 is 5.34. The van der Waals surface area contributed by atoms with Crippen molar-refractivity contribution in [2.45, 2.75) is 133 Å². The van der Waals surface area contributed by atoms with Gasteiger partial charge in [-0.3, -0.25) is 28.8 Å². The Kier molecular flexibility index (Phi) is 32.4. The number of fused-ring (bicyclic) bond motifs is 6. The molecule has 0 saturated heterocycles. The molecule has 0 spiro atoms. The standard InChI is InChI=1S/C36H34N2O4S.C34H29BrN2O4S.C34H30ClNO4S2/c1-6-38-32-16-14-26(34(40)28-13-8-7-10-22(28)2)20-29(32)30-21-27(15-17-33(30)38)35(41)31(37-42-25(5)39)18-19-43-36-23(3)11-9-12-24(36)4;1-4-37-31-15-9-23(33(39)27-8-6-5-7-21(27)2)19-28(31)29-20-24(10-16-32(29)37)34(40)30(36-41-22(3)38)17-18-42-26-13-11-25(35)12-14-26;1-34(2,3)33(39)40-36-30(21-22-41-27-19-13-26(35)14-20-27)32(38)25-11-17-29(18-12-25)42-28-15-9-24(10-16-28)31(37)23-7-5-4-6-8-23/h7-17,20-21H,6,18-19H2,1-5H3;5-16,19-20H,4,17-18H2,1-3H3;4-20H,21-22H2,1-3H3/b37-31+;2*36-30+. The van der Waals surface area contributed by atoms with Gasteiger partial charge in [-0.05, 0) is 254 Å². The summed E-state index contributed by atoms with van der Waals surface area (Å²) in [5.41, 5.74) is 13.0. The highest BCUT2D eigenvalue weighted by Crippen LogP contribution is 2.37. The van der Waals surface area contributed by atoms with Gasteiger partial charge in [0.1, 0.15) is 17.1 Å². The lowest BCUT2D eigenvalue weighted by Gasteiger charge is -2.14. The van der Waals surface area contributed by atoms with E-state index in [4.69, 9.17) is 26.1 Å². The molecule has 0 radical (unpaired) electrons. The third-order valence-corrected chi connectivity index (χ3v) is 25.9.